The zero-order valence-electron chi connectivity index (χ0n) is 15.6. The Morgan fingerprint density at radius 2 is 1.75 bits per heavy atom. The van der Waals surface area contributed by atoms with Crippen molar-refractivity contribution in [2.24, 2.45) is 5.92 Å². The van der Waals surface area contributed by atoms with Gasteiger partial charge in [-0.1, -0.05) is 52.2 Å². The Bertz CT molecular complexity index is 459. The molecule has 1 N–H and O–H groups in total. The van der Waals surface area contributed by atoms with E-state index in [-0.39, 0.29) is 10.6 Å². The molecule has 0 spiro atoms. The van der Waals surface area contributed by atoms with E-state index < -0.39 is 0 Å². The predicted molar refractivity (Wildman–Crippen MR) is 102 cm³/mol. The molecule has 1 aromatic carbocycles. The Labute approximate surface area is 147 Å². The molecule has 0 aliphatic carbocycles. The van der Waals surface area contributed by atoms with Gasteiger partial charge in [0.1, 0.15) is 0 Å². The lowest BCUT2D eigenvalue weighted by Gasteiger charge is -2.15. The number of benzene rings is 1. The second-order valence-electron chi connectivity index (χ2n) is 6.88. The van der Waals surface area contributed by atoms with Gasteiger partial charge in [-0.2, -0.15) is 0 Å². The quantitative estimate of drug-likeness (QED) is 0.287. The number of nitrogens with one attached hydrogen (secondary N) is 1. The summed E-state index contributed by atoms with van der Waals surface area (Å²) in [6.45, 7) is 9.00. The first kappa shape index (κ1) is 20.6. The van der Waals surface area contributed by atoms with Crippen molar-refractivity contribution in [3.05, 3.63) is 39.9 Å². The number of nitro benzene ring substituents is 1. The fourth-order valence-corrected chi connectivity index (χ4v) is 3.23. The van der Waals surface area contributed by atoms with E-state index in [9.17, 15) is 10.1 Å². The standard InChI is InChI=1S/C20H34N2O2/c1-4-8-17(3)14-16-21-15-7-6-9-18(5-2)19-10-12-20(13-11-19)22(23)24/h10-13,17-18,21H,4-9,14-16H2,1-3H3. The minimum absolute atomic E-state index is 0.176. The maximum Gasteiger partial charge on any atom is 0.269 e. The van der Waals surface area contributed by atoms with Crippen molar-refractivity contribution in [1.82, 2.24) is 5.32 Å². The molecule has 4 heteroatoms. The molecule has 4 nitrogen and oxygen atoms in total. The molecule has 2 atom stereocenters. The minimum Gasteiger partial charge on any atom is -0.317 e. The number of nitrogens with zero attached hydrogens (tertiary/aromatic N) is 1. The summed E-state index contributed by atoms with van der Waals surface area (Å²) in [5.74, 6) is 1.34. The predicted octanol–water partition coefficient (Wildman–Crippen LogP) is 5.67. The molecule has 2 unspecified atom stereocenters. The lowest BCUT2D eigenvalue weighted by atomic mass is 9.91. The van der Waals surface area contributed by atoms with Crippen LogP contribution in [0, 0.1) is 16.0 Å². The Morgan fingerprint density at radius 3 is 2.33 bits per heavy atom. The van der Waals surface area contributed by atoms with Crippen molar-refractivity contribution in [3.8, 4) is 0 Å². The zero-order valence-corrected chi connectivity index (χ0v) is 15.6. The average molecular weight is 335 g/mol. The number of nitro groups is 1. The van der Waals surface area contributed by atoms with E-state index in [2.05, 4.69) is 26.1 Å². The Kier molecular flexibility index (Phi) is 10.3. The highest BCUT2D eigenvalue weighted by Gasteiger charge is 2.11. The topological polar surface area (TPSA) is 55.2 Å². The summed E-state index contributed by atoms with van der Waals surface area (Å²) in [6.07, 6.45) is 8.52. The smallest absolute Gasteiger partial charge is 0.269 e. The first-order valence-electron chi connectivity index (χ1n) is 9.53. The monoisotopic (exact) mass is 334 g/mol. The van der Waals surface area contributed by atoms with Crippen LogP contribution < -0.4 is 5.32 Å². The molecule has 0 saturated heterocycles. The van der Waals surface area contributed by atoms with Gasteiger partial charge in [-0.15, -0.1) is 0 Å². The van der Waals surface area contributed by atoms with Gasteiger partial charge in [-0.05, 0) is 56.2 Å². The van der Waals surface area contributed by atoms with Crippen LogP contribution in [0.15, 0.2) is 24.3 Å². The van der Waals surface area contributed by atoms with Crippen LogP contribution >= 0.6 is 0 Å². The van der Waals surface area contributed by atoms with Crippen molar-refractivity contribution in [1.29, 1.82) is 0 Å². The second kappa shape index (κ2) is 12.0. The molecule has 136 valence electrons. The van der Waals surface area contributed by atoms with Crippen molar-refractivity contribution < 1.29 is 4.92 Å². The van der Waals surface area contributed by atoms with Crippen molar-refractivity contribution in [2.75, 3.05) is 13.1 Å². The molecule has 0 saturated carbocycles. The summed E-state index contributed by atoms with van der Waals surface area (Å²) in [5.41, 5.74) is 1.40. The highest BCUT2D eigenvalue weighted by molar-refractivity contribution is 5.34. The molecular weight excluding hydrogens is 300 g/mol. The second-order valence-corrected chi connectivity index (χ2v) is 6.88. The van der Waals surface area contributed by atoms with E-state index in [1.165, 1.54) is 37.7 Å². The van der Waals surface area contributed by atoms with Gasteiger partial charge in [0.25, 0.3) is 5.69 Å². The maximum absolute atomic E-state index is 10.7. The molecule has 0 amide bonds. The van der Waals surface area contributed by atoms with E-state index >= 15 is 0 Å². The Balaban J connectivity index is 2.21. The van der Waals surface area contributed by atoms with Crippen LogP contribution in [0.1, 0.15) is 77.2 Å². The first-order chi connectivity index (χ1) is 11.6. The average Bonchev–Trinajstić information content (AvgIpc) is 2.58. The zero-order chi connectivity index (χ0) is 17.8. The van der Waals surface area contributed by atoms with Gasteiger partial charge in [-0.25, -0.2) is 0 Å². The number of hydrogen-bond acceptors (Lipinski definition) is 3. The summed E-state index contributed by atoms with van der Waals surface area (Å²) in [5, 5.41) is 14.3. The van der Waals surface area contributed by atoms with Crippen LogP contribution in [-0.2, 0) is 0 Å². The van der Waals surface area contributed by atoms with Gasteiger partial charge in [0.15, 0.2) is 0 Å². The molecule has 1 aromatic rings. The van der Waals surface area contributed by atoms with Crippen LogP contribution in [0.5, 0.6) is 0 Å². The third-order valence-corrected chi connectivity index (χ3v) is 4.82. The number of unbranched alkanes of at least 4 members (excludes halogenated alkanes) is 1. The largest absolute Gasteiger partial charge is 0.317 e. The SMILES string of the molecule is CCCC(C)CCNCCCCC(CC)c1ccc([N+](=O)[O-])cc1. The highest BCUT2D eigenvalue weighted by Crippen LogP contribution is 2.26. The summed E-state index contributed by atoms with van der Waals surface area (Å²) < 4.78 is 0. The van der Waals surface area contributed by atoms with E-state index in [1.54, 1.807) is 12.1 Å². The molecular formula is C20H34N2O2. The molecule has 0 aromatic heterocycles. The van der Waals surface area contributed by atoms with Gasteiger partial charge in [0, 0.05) is 12.1 Å². The van der Waals surface area contributed by atoms with Gasteiger partial charge in [0.2, 0.25) is 0 Å². The van der Waals surface area contributed by atoms with E-state index in [1.807, 2.05) is 12.1 Å². The third-order valence-electron chi connectivity index (χ3n) is 4.82. The van der Waals surface area contributed by atoms with Gasteiger partial charge in [0.05, 0.1) is 4.92 Å². The van der Waals surface area contributed by atoms with Crippen molar-refractivity contribution >= 4 is 5.69 Å². The third kappa shape index (κ3) is 7.91. The van der Waals surface area contributed by atoms with Crippen LogP contribution in [0.2, 0.25) is 0 Å². The van der Waals surface area contributed by atoms with Crippen LogP contribution in [-0.4, -0.2) is 18.0 Å². The molecule has 1 rings (SSSR count). The molecule has 0 aliphatic heterocycles. The summed E-state index contributed by atoms with van der Waals surface area (Å²) in [6, 6.07) is 7.08. The fraction of sp³-hybridized carbons (Fsp3) is 0.700. The maximum atomic E-state index is 10.7. The normalized spacial score (nSPS) is 13.6. The number of rotatable bonds is 13. The molecule has 24 heavy (non-hydrogen) atoms. The summed E-state index contributed by atoms with van der Waals surface area (Å²) in [4.78, 5) is 10.4. The van der Waals surface area contributed by atoms with Gasteiger partial charge >= 0.3 is 0 Å². The molecule has 0 aliphatic rings. The molecule has 0 heterocycles. The van der Waals surface area contributed by atoms with Crippen molar-refractivity contribution in [2.45, 2.75) is 71.6 Å². The summed E-state index contributed by atoms with van der Waals surface area (Å²) >= 11 is 0. The van der Waals surface area contributed by atoms with E-state index in [0.717, 1.165) is 31.8 Å². The number of hydrogen-bond donors (Lipinski definition) is 1. The van der Waals surface area contributed by atoms with E-state index in [0.29, 0.717) is 5.92 Å². The van der Waals surface area contributed by atoms with E-state index in [4.69, 9.17) is 0 Å². The first-order valence-corrected chi connectivity index (χ1v) is 9.53. The van der Waals surface area contributed by atoms with Gasteiger partial charge in [-0.3, -0.25) is 10.1 Å². The molecule has 0 fully saturated rings. The van der Waals surface area contributed by atoms with Crippen LogP contribution in [0.3, 0.4) is 0 Å². The van der Waals surface area contributed by atoms with Crippen LogP contribution in [0.4, 0.5) is 5.69 Å². The Morgan fingerprint density at radius 1 is 1.04 bits per heavy atom. The highest BCUT2D eigenvalue weighted by atomic mass is 16.6. The minimum atomic E-state index is -0.336. The Hall–Kier alpha value is -1.42. The van der Waals surface area contributed by atoms with Crippen molar-refractivity contribution in [3.63, 3.8) is 0 Å². The molecule has 0 bridgehead atoms. The number of non-ortho nitro benzene ring substituents is 1. The molecule has 0 radical (unpaired) electrons. The fourth-order valence-electron chi connectivity index (χ4n) is 3.23. The van der Waals surface area contributed by atoms with Gasteiger partial charge < -0.3 is 5.32 Å². The lowest BCUT2D eigenvalue weighted by molar-refractivity contribution is -0.384. The summed E-state index contributed by atoms with van der Waals surface area (Å²) in [7, 11) is 0. The lowest BCUT2D eigenvalue weighted by Crippen LogP contribution is -2.18. The van der Waals surface area contributed by atoms with Crippen LogP contribution in [0.25, 0.3) is 0 Å².